The summed E-state index contributed by atoms with van der Waals surface area (Å²) in [5.74, 6) is -0.238. The third kappa shape index (κ3) is 3.10. The van der Waals surface area contributed by atoms with E-state index in [-0.39, 0.29) is 5.75 Å². The summed E-state index contributed by atoms with van der Waals surface area (Å²) in [5, 5.41) is 3.57. The highest BCUT2D eigenvalue weighted by Crippen LogP contribution is 2.26. The molecular formula is C12H11F3N2O. The summed E-state index contributed by atoms with van der Waals surface area (Å²) in [6.07, 6.45) is -2.99. The predicted molar refractivity (Wildman–Crippen MR) is 61.2 cm³/mol. The average Bonchev–Trinajstić information content (AvgIpc) is 2.27. The number of hydrogen-bond donors (Lipinski definition) is 1. The first-order valence-electron chi connectivity index (χ1n) is 5.27. The van der Waals surface area contributed by atoms with E-state index in [1.54, 1.807) is 19.3 Å². The van der Waals surface area contributed by atoms with E-state index in [0.717, 1.165) is 5.56 Å². The van der Waals surface area contributed by atoms with Gasteiger partial charge in [-0.25, -0.2) is 0 Å². The Hall–Kier alpha value is -1.82. The first-order chi connectivity index (χ1) is 8.48. The minimum Gasteiger partial charge on any atom is -0.406 e. The first-order valence-corrected chi connectivity index (χ1v) is 5.27. The van der Waals surface area contributed by atoms with Gasteiger partial charge in [-0.15, -0.1) is 13.2 Å². The van der Waals surface area contributed by atoms with Crippen LogP contribution in [0.3, 0.4) is 0 Å². The van der Waals surface area contributed by atoms with Crippen molar-refractivity contribution in [3.63, 3.8) is 0 Å². The quantitative estimate of drug-likeness (QED) is 0.916. The lowest BCUT2D eigenvalue weighted by Gasteiger charge is -2.09. The Kier molecular flexibility index (Phi) is 3.38. The zero-order chi connectivity index (χ0) is 13.2. The molecule has 0 unspecified atom stereocenters. The van der Waals surface area contributed by atoms with Crippen molar-refractivity contribution >= 4 is 10.9 Å². The normalized spacial score (nSPS) is 11.8. The molecule has 1 aromatic carbocycles. The highest BCUT2D eigenvalue weighted by molar-refractivity contribution is 5.80. The average molecular weight is 256 g/mol. The number of ether oxygens (including phenoxy) is 1. The molecule has 0 fully saturated rings. The van der Waals surface area contributed by atoms with Crippen LogP contribution >= 0.6 is 0 Å². The van der Waals surface area contributed by atoms with Crippen LogP contribution in [0, 0.1) is 0 Å². The van der Waals surface area contributed by atoms with Crippen LogP contribution < -0.4 is 10.1 Å². The van der Waals surface area contributed by atoms with E-state index in [1.807, 2.05) is 0 Å². The Morgan fingerprint density at radius 3 is 2.72 bits per heavy atom. The second-order valence-corrected chi connectivity index (χ2v) is 3.78. The van der Waals surface area contributed by atoms with E-state index in [0.29, 0.717) is 17.4 Å². The van der Waals surface area contributed by atoms with Gasteiger partial charge in [0.15, 0.2) is 0 Å². The second kappa shape index (κ2) is 4.81. The minimum absolute atomic E-state index is 0.238. The largest absolute Gasteiger partial charge is 0.573 e. The maximum Gasteiger partial charge on any atom is 0.573 e. The van der Waals surface area contributed by atoms with E-state index in [1.165, 1.54) is 18.2 Å². The molecule has 96 valence electrons. The Labute approximate surface area is 102 Å². The van der Waals surface area contributed by atoms with Gasteiger partial charge < -0.3 is 10.1 Å². The van der Waals surface area contributed by atoms with E-state index in [9.17, 15) is 13.2 Å². The highest BCUT2D eigenvalue weighted by Gasteiger charge is 2.31. The van der Waals surface area contributed by atoms with Gasteiger partial charge in [0, 0.05) is 18.1 Å². The smallest absolute Gasteiger partial charge is 0.406 e. The van der Waals surface area contributed by atoms with Gasteiger partial charge in [0.25, 0.3) is 0 Å². The topological polar surface area (TPSA) is 34.2 Å². The number of hydrogen-bond acceptors (Lipinski definition) is 3. The molecule has 6 heteroatoms. The van der Waals surface area contributed by atoms with Crippen molar-refractivity contribution in [2.24, 2.45) is 0 Å². The predicted octanol–water partition coefficient (Wildman–Crippen LogP) is 2.85. The molecule has 1 aromatic heterocycles. The molecule has 0 saturated heterocycles. The molecule has 3 nitrogen and oxygen atoms in total. The third-order valence-corrected chi connectivity index (χ3v) is 2.32. The molecule has 1 N–H and O–H groups in total. The van der Waals surface area contributed by atoms with E-state index >= 15 is 0 Å². The van der Waals surface area contributed by atoms with Gasteiger partial charge in [0.1, 0.15) is 5.75 Å². The zero-order valence-electron chi connectivity index (χ0n) is 9.58. The van der Waals surface area contributed by atoms with E-state index in [4.69, 9.17) is 0 Å². The molecule has 0 aliphatic rings. The molecule has 0 aliphatic carbocycles. The molecule has 1 heterocycles. The zero-order valence-corrected chi connectivity index (χ0v) is 9.58. The number of pyridine rings is 1. The number of halogens is 3. The summed E-state index contributed by atoms with van der Waals surface area (Å²) in [4.78, 5) is 4.16. The lowest BCUT2D eigenvalue weighted by Crippen LogP contribution is -2.17. The van der Waals surface area contributed by atoms with Gasteiger partial charge in [-0.1, -0.05) is 0 Å². The molecule has 0 aliphatic heterocycles. The molecule has 0 spiro atoms. The van der Waals surface area contributed by atoms with Gasteiger partial charge in [0.05, 0.1) is 5.52 Å². The Morgan fingerprint density at radius 1 is 1.28 bits per heavy atom. The number of nitrogens with one attached hydrogen (secondary N) is 1. The van der Waals surface area contributed by atoms with Crippen LogP contribution in [0.1, 0.15) is 5.56 Å². The third-order valence-electron chi connectivity index (χ3n) is 2.32. The fourth-order valence-electron chi connectivity index (χ4n) is 1.65. The number of alkyl halides is 3. The van der Waals surface area contributed by atoms with Crippen LogP contribution in [0.25, 0.3) is 10.9 Å². The maximum absolute atomic E-state index is 12.1. The number of benzene rings is 1. The summed E-state index contributed by atoms with van der Waals surface area (Å²) in [7, 11) is 1.79. The van der Waals surface area contributed by atoms with Crippen LogP contribution in [0.2, 0.25) is 0 Å². The van der Waals surface area contributed by atoms with E-state index in [2.05, 4.69) is 15.0 Å². The molecular weight excluding hydrogens is 245 g/mol. The van der Waals surface area contributed by atoms with Crippen molar-refractivity contribution in [2.45, 2.75) is 12.9 Å². The number of rotatable bonds is 3. The molecule has 0 saturated carbocycles. The minimum atomic E-state index is -4.68. The van der Waals surface area contributed by atoms with Crippen LogP contribution in [-0.4, -0.2) is 18.4 Å². The number of nitrogens with zero attached hydrogens (tertiary/aromatic N) is 1. The van der Waals surface area contributed by atoms with Crippen molar-refractivity contribution in [1.82, 2.24) is 10.3 Å². The second-order valence-electron chi connectivity index (χ2n) is 3.78. The molecule has 0 amide bonds. The SMILES string of the molecule is CNCc1cnc2ccc(OC(F)(F)F)cc2c1. The van der Waals surface area contributed by atoms with Crippen molar-refractivity contribution in [3.05, 3.63) is 36.0 Å². The van der Waals surface area contributed by atoms with Gasteiger partial charge in [-0.3, -0.25) is 4.98 Å². The standard InChI is InChI=1S/C12H11F3N2O/c1-16-6-8-4-9-5-10(18-12(13,14)15)2-3-11(9)17-7-8/h2-5,7,16H,6H2,1H3. The van der Waals surface area contributed by atoms with Crippen LogP contribution in [0.4, 0.5) is 13.2 Å². The molecule has 18 heavy (non-hydrogen) atoms. The highest BCUT2D eigenvalue weighted by atomic mass is 19.4. The van der Waals surface area contributed by atoms with Crippen LogP contribution in [-0.2, 0) is 6.54 Å². The molecule has 0 bridgehead atoms. The van der Waals surface area contributed by atoms with Crippen molar-refractivity contribution < 1.29 is 17.9 Å². The van der Waals surface area contributed by atoms with Crippen LogP contribution in [0.5, 0.6) is 5.75 Å². The molecule has 2 rings (SSSR count). The fraction of sp³-hybridized carbons (Fsp3) is 0.250. The Balaban J connectivity index is 2.36. The number of aromatic nitrogens is 1. The van der Waals surface area contributed by atoms with Crippen molar-refractivity contribution in [2.75, 3.05) is 7.05 Å². The van der Waals surface area contributed by atoms with Crippen molar-refractivity contribution in [3.8, 4) is 5.75 Å². The lowest BCUT2D eigenvalue weighted by atomic mass is 10.1. The molecule has 0 atom stereocenters. The van der Waals surface area contributed by atoms with Crippen molar-refractivity contribution in [1.29, 1.82) is 0 Å². The Bertz CT molecular complexity index is 555. The van der Waals surface area contributed by atoms with Gasteiger partial charge in [-0.05, 0) is 36.9 Å². The van der Waals surface area contributed by atoms with Gasteiger partial charge in [-0.2, -0.15) is 0 Å². The van der Waals surface area contributed by atoms with E-state index < -0.39 is 6.36 Å². The van der Waals surface area contributed by atoms with Gasteiger partial charge in [0.2, 0.25) is 0 Å². The maximum atomic E-state index is 12.1. The first kappa shape index (κ1) is 12.6. The fourth-order valence-corrected chi connectivity index (χ4v) is 1.65. The molecule has 0 radical (unpaired) electrons. The molecule has 2 aromatic rings. The monoisotopic (exact) mass is 256 g/mol. The summed E-state index contributed by atoms with van der Waals surface area (Å²) in [6.45, 7) is 0.604. The summed E-state index contributed by atoms with van der Waals surface area (Å²) < 4.78 is 40.1. The number of fused-ring (bicyclic) bond motifs is 1. The summed E-state index contributed by atoms with van der Waals surface area (Å²) in [6, 6.07) is 5.86. The van der Waals surface area contributed by atoms with Gasteiger partial charge >= 0.3 is 6.36 Å². The lowest BCUT2D eigenvalue weighted by molar-refractivity contribution is -0.274. The van der Waals surface area contributed by atoms with Crippen LogP contribution in [0.15, 0.2) is 30.5 Å². The summed E-state index contributed by atoms with van der Waals surface area (Å²) in [5.41, 5.74) is 1.53. The summed E-state index contributed by atoms with van der Waals surface area (Å²) >= 11 is 0. The Morgan fingerprint density at radius 2 is 2.06 bits per heavy atom.